The van der Waals surface area contributed by atoms with Gasteiger partial charge in [0.25, 0.3) is 11.8 Å². The van der Waals surface area contributed by atoms with E-state index < -0.39 is 11.7 Å². The normalized spacial score (nSPS) is 13.6. The van der Waals surface area contributed by atoms with Crippen molar-refractivity contribution in [2.45, 2.75) is 0 Å². The van der Waals surface area contributed by atoms with Gasteiger partial charge in [0.2, 0.25) is 5.28 Å². The van der Waals surface area contributed by atoms with E-state index in [9.17, 15) is 14.0 Å². The highest BCUT2D eigenvalue weighted by molar-refractivity contribution is 6.28. The van der Waals surface area contributed by atoms with Crippen LogP contribution in [0.25, 0.3) is 0 Å². The first-order chi connectivity index (χ1) is 9.97. The van der Waals surface area contributed by atoms with Crippen LogP contribution in [0.15, 0.2) is 24.4 Å². The van der Waals surface area contributed by atoms with E-state index in [1.807, 2.05) is 0 Å². The van der Waals surface area contributed by atoms with E-state index in [1.165, 1.54) is 19.2 Å². The Hall–Kier alpha value is -2.54. The highest BCUT2D eigenvalue weighted by atomic mass is 35.5. The van der Waals surface area contributed by atoms with Crippen LogP contribution in [-0.4, -0.2) is 33.7 Å². The largest absolute Gasteiger partial charge is 0.338 e. The zero-order chi connectivity index (χ0) is 15.1. The van der Waals surface area contributed by atoms with Crippen molar-refractivity contribution in [3.63, 3.8) is 0 Å². The molecule has 0 bridgehead atoms. The fourth-order valence-corrected chi connectivity index (χ4v) is 2.14. The number of benzene rings is 1. The molecule has 0 radical (unpaired) electrons. The average Bonchev–Trinajstić information content (AvgIpc) is 2.68. The van der Waals surface area contributed by atoms with Gasteiger partial charge in [-0.25, -0.2) is 9.37 Å². The number of aromatic nitrogens is 2. The Bertz CT molecular complexity index is 781. The van der Waals surface area contributed by atoms with Crippen LogP contribution in [0.2, 0.25) is 5.28 Å². The quantitative estimate of drug-likeness (QED) is 0.680. The van der Waals surface area contributed by atoms with Crippen LogP contribution in [0, 0.1) is 5.82 Å². The minimum absolute atomic E-state index is 0.106. The maximum atomic E-state index is 13.6. The highest BCUT2D eigenvalue weighted by Crippen LogP contribution is 2.26. The van der Waals surface area contributed by atoms with E-state index >= 15 is 0 Å². The van der Waals surface area contributed by atoms with Gasteiger partial charge in [0, 0.05) is 12.7 Å². The first-order valence-electron chi connectivity index (χ1n) is 5.89. The van der Waals surface area contributed by atoms with Crippen LogP contribution in [0.5, 0.6) is 0 Å². The van der Waals surface area contributed by atoms with Crippen LogP contribution >= 0.6 is 11.6 Å². The number of hydrogen-bond donors (Lipinski definition) is 1. The van der Waals surface area contributed by atoms with Gasteiger partial charge in [0.15, 0.2) is 11.6 Å². The molecule has 2 aromatic rings. The van der Waals surface area contributed by atoms with Crippen molar-refractivity contribution in [2.24, 2.45) is 0 Å². The second kappa shape index (κ2) is 4.78. The lowest BCUT2D eigenvalue weighted by Gasteiger charge is -2.07. The number of hydrogen-bond acceptors (Lipinski definition) is 5. The molecule has 0 unspecified atom stereocenters. The molecule has 0 fully saturated rings. The molecule has 0 spiro atoms. The standard InChI is InChI=1S/C13H8ClFN4O2/c1-19-11(20)7-3-2-6(4-8(7)12(19)21)17-10-9(15)5-16-13(14)18-10/h2-5H,1H3,(H,16,17,18). The van der Waals surface area contributed by atoms with Gasteiger partial charge in [-0.05, 0) is 29.8 Å². The van der Waals surface area contributed by atoms with Gasteiger partial charge >= 0.3 is 0 Å². The molecule has 0 atom stereocenters. The fourth-order valence-electron chi connectivity index (χ4n) is 2.01. The summed E-state index contributed by atoms with van der Waals surface area (Å²) < 4.78 is 13.6. The van der Waals surface area contributed by atoms with E-state index in [1.54, 1.807) is 6.07 Å². The number of carbonyl (C=O) groups excluding carboxylic acids is 2. The molecular formula is C13H8ClFN4O2. The van der Waals surface area contributed by atoms with Crippen LogP contribution in [0.1, 0.15) is 20.7 Å². The molecule has 21 heavy (non-hydrogen) atoms. The summed E-state index contributed by atoms with van der Waals surface area (Å²) >= 11 is 5.60. The van der Waals surface area contributed by atoms with Gasteiger partial charge in [0.1, 0.15) is 0 Å². The molecule has 0 aliphatic carbocycles. The molecule has 1 aliphatic heterocycles. The molecule has 1 N–H and O–H groups in total. The fraction of sp³-hybridized carbons (Fsp3) is 0.0769. The zero-order valence-corrected chi connectivity index (χ0v) is 11.5. The molecule has 2 heterocycles. The van der Waals surface area contributed by atoms with Crippen molar-refractivity contribution >= 4 is 34.9 Å². The molecule has 1 aromatic carbocycles. The van der Waals surface area contributed by atoms with E-state index in [0.29, 0.717) is 11.3 Å². The third kappa shape index (κ3) is 2.21. The Morgan fingerprint density at radius 2 is 1.95 bits per heavy atom. The van der Waals surface area contributed by atoms with Crippen LogP contribution < -0.4 is 5.32 Å². The van der Waals surface area contributed by atoms with Gasteiger partial charge in [-0.15, -0.1) is 0 Å². The monoisotopic (exact) mass is 306 g/mol. The summed E-state index contributed by atoms with van der Waals surface area (Å²) in [6.07, 6.45) is 0.938. The van der Waals surface area contributed by atoms with Crippen LogP contribution in [-0.2, 0) is 0 Å². The van der Waals surface area contributed by atoms with Crippen molar-refractivity contribution in [3.05, 3.63) is 46.6 Å². The van der Waals surface area contributed by atoms with E-state index in [2.05, 4.69) is 15.3 Å². The molecule has 1 aromatic heterocycles. The maximum absolute atomic E-state index is 13.6. The summed E-state index contributed by atoms with van der Waals surface area (Å²) in [6.45, 7) is 0. The molecule has 6 nitrogen and oxygen atoms in total. The summed E-state index contributed by atoms with van der Waals surface area (Å²) in [6, 6.07) is 4.52. The molecule has 2 amide bonds. The molecule has 0 saturated carbocycles. The van der Waals surface area contributed by atoms with Crippen LogP contribution in [0.4, 0.5) is 15.9 Å². The Labute approximate surface area is 123 Å². The minimum Gasteiger partial charge on any atom is -0.338 e. The predicted octanol–water partition coefficient (Wildman–Crippen LogP) is 2.24. The average molecular weight is 307 g/mol. The second-order valence-corrected chi connectivity index (χ2v) is 4.73. The minimum atomic E-state index is -0.681. The third-order valence-electron chi connectivity index (χ3n) is 3.07. The molecule has 106 valence electrons. The molecule has 0 saturated heterocycles. The zero-order valence-electron chi connectivity index (χ0n) is 10.7. The van der Waals surface area contributed by atoms with E-state index in [0.717, 1.165) is 11.1 Å². The number of amides is 2. The summed E-state index contributed by atoms with van der Waals surface area (Å²) in [5.41, 5.74) is 0.987. The van der Waals surface area contributed by atoms with E-state index in [-0.39, 0.29) is 22.6 Å². The van der Waals surface area contributed by atoms with Gasteiger partial charge in [-0.2, -0.15) is 4.98 Å². The lowest BCUT2D eigenvalue weighted by atomic mass is 10.1. The van der Waals surface area contributed by atoms with Gasteiger partial charge in [-0.1, -0.05) is 0 Å². The maximum Gasteiger partial charge on any atom is 0.261 e. The second-order valence-electron chi connectivity index (χ2n) is 4.39. The topological polar surface area (TPSA) is 75.2 Å². The van der Waals surface area contributed by atoms with E-state index in [4.69, 9.17) is 11.6 Å². The molecular weight excluding hydrogens is 299 g/mol. The SMILES string of the molecule is CN1C(=O)c2ccc(Nc3nc(Cl)ncc3F)cc2C1=O. The number of rotatable bonds is 2. The Balaban J connectivity index is 1.97. The van der Waals surface area contributed by atoms with Gasteiger partial charge in [0.05, 0.1) is 17.3 Å². The number of carbonyl (C=O) groups is 2. The third-order valence-corrected chi connectivity index (χ3v) is 3.25. The van der Waals surface area contributed by atoms with Crippen molar-refractivity contribution in [2.75, 3.05) is 12.4 Å². The molecule has 8 heteroatoms. The first-order valence-corrected chi connectivity index (χ1v) is 6.26. The van der Waals surface area contributed by atoms with Crippen molar-refractivity contribution in [3.8, 4) is 0 Å². The van der Waals surface area contributed by atoms with Gasteiger partial charge in [-0.3, -0.25) is 14.5 Å². The van der Waals surface area contributed by atoms with Crippen molar-refractivity contribution in [1.29, 1.82) is 0 Å². The predicted molar refractivity (Wildman–Crippen MR) is 73.1 cm³/mol. The number of imide groups is 1. The van der Waals surface area contributed by atoms with Crippen molar-refractivity contribution < 1.29 is 14.0 Å². The number of fused-ring (bicyclic) bond motifs is 1. The lowest BCUT2D eigenvalue weighted by Crippen LogP contribution is -2.24. The Morgan fingerprint density at radius 1 is 1.24 bits per heavy atom. The number of nitrogens with zero attached hydrogens (tertiary/aromatic N) is 3. The first kappa shape index (κ1) is 13.4. The lowest BCUT2D eigenvalue weighted by molar-refractivity contribution is 0.0693. The number of anilines is 2. The molecule has 3 rings (SSSR count). The summed E-state index contributed by atoms with van der Waals surface area (Å²) in [7, 11) is 1.40. The molecule has 1 aliphatic rings. The Kier molecular flexibility index (Phi) is 3.06. The summed E-state index contributed by atoms with van der Waals surface area (Å²) in [5.74, 6) is -1.56. The number of halogens is 2. The smallest absolute Gasteiger partial charge is 0.261 e. The number of nitrogens with one attached hydrogen (secondary N) is 1. The summed E-state index contributed by atoms with van der Waals surface area (Å²) in [5, 5.41) is 2.59. The highest BCUT2D eigenvalue weighted by Gasteiger charge is 2.32. The summed E-state index contributed by atoms with van der Waals surface area (Å²) in [4.78, 5) is 31.9. The van der Waals surface area contributed by atoms with Crippen LogP contribution in [0.3, 0.4) is 0 Å². The van der Waals surface area contributed by atoms with Crippen molar-refractivity contribution in [1.82, 2.24) is 14.9 Å². The van der Waals surface area contributed by atoms with Gasteiger partial charge < -0.3 is 5.32 Å². The Morgan fingerprint density at radius 3 is 2.71 bits per heavy atom.